The van der Waals surface area contributed by atoms with Crippen molar-refractivity contribution in [3.05, 3.63) is 62.0 Å². The minimum absolute atomic E-state index is 0.296. The number of hydrogen-bond donors (Lipinski definition) is 1. The SMILES string of the molecule is N#Cc1cc(NC(=O)c2cc(Br)ccc2Cl)ccc1Cl. The van der Waals surface area contributed by atoms with Crippen LogP contribution in [0.25, 0.3) is 0 Å². The van der Waals surface area contributed by atoms with Crippen LogP contribution in [0.5, 0.6) is 0 Å². The average Bonchev–Trinajstić information content (AvgIpc) is 2.43. The molecule has 2 aromatic carbocycles. The zero-order chi connectivity index (χ0) is 14.7. The number of halogens is 3. The summed E-state index contributed by atoms with van der Waals surface area (Å²) >= 11 is 15.1. The second-order valence-electron chi connectivity index (χ2n) is 3.88. The van der Waals surface area contributed by atoms with E-state index in [1.807, 2.05) is 6.07 Å². The first-order chi connectivity index (χ1) is 9.51. The number of amides is 1. The first-order valence-corrected chi connectivity index (χ1v) is 7.02. The first kappa shape index (κ1) is 14.9. The van der Waals surface area contributed by atoms with Crippen LogP contribution in [-0.4, -0.2) is 5.91 Å². The van der Waals surface area contributed by atoms with E-state index in [0.717, 1.165) is 4.47 Å². The van der Waals surface area contributed by atoms with Crippen LogP contribution in [0.2, 0.25) is 10.0 Å². The number of nitrogens with zero attached hydrogens (tertiary/aromatic N) is 1. The van der Waals surface area contributed by atoms with E-state index in [-0.39, 0.29) is 5.91 Å². The van der Waals surface area contributed by atoms with Crippen LogP contribution >= 0.6 is 39.1 Å². The van der Waals surface area contributed by atoms with Gasteiger partial charge >= 0.3 is 0 Å². The average molecular weight is 370 g/mol. The Balaban J connectivity index is 2.28. The number of rotatable bonds is 2. The smallest absolute Gasteiger partial charge is 0.257 e. The number of hydrogen-bond acceptors (Lipinski definition) is 2. The standard InChI is InChI=1S/C14H7BrCl2N2O/c15-9-1-3-13(17)11(6-9)14(20)19-10-2-4-12(16)8(5-10)7-18/h1-6H,(H,19,20). The van der Waals surface area contributed by atoms with Crippen molar-refractivity contribution < 1.29 is 4.79 Å². The van der Waals surface area contributed by atoms with Gasteiger partial charge in [0.2, 0.25) is 0 Å². The van der Waals surface area contributed by atoms with Crippen LogP contribution in [-0.2, 0) is 0 Å². The number of carbonyl (C=O) groups is 1. The lowest BCUT2D eigenvalue weighted by atomic mass is 10.2. The maximum absolute atomic E-state index is 12.1. The Kier molecular flexibility index (Phi) is 4.66. The van der Waals surface area contributed by atoms with E-state index >= 15 is 0 Å². The highest BCUT2D eigenvalue weighted by Crippen LogP contribution is 2.24. The molecule has 2 aromatic rings. The minimum Gasteiger partial charge on any atom is -0.322 e. The molecule has 0 saturated heterocycles. The fraction of sp³-hybridized carbons (Fsp3) is 0. The summed E-state index contributed by atoms with van der Waals surface area (Å²) in [5.41, 5.74) is 1.12. The highest BCUT2D eigenvalue weighted by Gasteiger charge is 2.12. The molecule has 0 spiro atoms. The monoisotopic (exact) mass is 368 g/mol. The third-order valence-corrected chi connectivity index (χ3v) is 3.67. The molecule has 0 aliphatic carbocycles. The fourth-order valence-electron chi connectivity index (χ4n) is 1.56. The van der Waals surface area contributed by atoms with Crippen molar-refractivity contribution in [3.63, 3.8) is 0 Å². The number of benzene rings is 2. The summed E-state index contributed by atoms with van der Waals surface area (Å²) in [7, 11) is 0. The molecule has 20 heavy (non-hydrogen) atoms. The van der Waals surface area contributed by atoms with Gasteiger partial charge in [-0.2, -0.15) is 5.26 Å². The van der Waals surface area contributed by atoms with Gasteiger partial charge in [0.25, 0.3) is 5.91 Å². The Morgan fingerprint density at radius 3 is 2.55 bits per heavy atom. The van der Waals surface area contributed by atoms with Crippen molar-refractivity contribution in [1.82, 2.24) is 0 Å². The lowest BCUT2D eigenvalue weighted by Crippen LogP contribution is -2.12. The molecule has 0 aromatic heterocycles. The zero-order valence-electron chi connectivity index (χ0n) is 9.95. The third-order valence-electron chi connectivity index (χ3n) is 2.52. The molecule has 0 aliphatic heterocycles. The van der Waals surface area contributed by atoms with E-state index in [2.05, 4.69) is 21.2 Å². The van der Waals surface area contributed by atoms with Crippen molar-refractivity contribution in [1.29, 1.82) is 5.26 Å². The van der Waals surface area contributed by atoms with Gasteiger partial charge in [-0.25, -0.2) is 0 Å². The van der Waals surface area contributed by atoms with E-state index in [1.165, 1.54) is 6.07 Å². The summed E-state index contributed by atoms with van der Waals surface area (Å²) in [6, 6.07) is 11.6. The Labute approximate surface area is 134 Å². The molecule has 0 bridgehead atoms. The molecule has 0 atom stereocenters. The van der Waals surface area contributed by atoms with Gasteiger partial charge in [-0.3, -0.25) is 4.79 Å². The van der Waals surface area contributed by atoms with Crippen molar-refractivity contribution in [2.24, 2.45) is 0 Å². The molecule has 0 unspecified atom stereocenters. The Hall–Kier alpha value is -1.54. The molecule has 0 saturated carbocycles. The number of anilines is 1. The molecular weight excluding hydrogens is 363 g/mol. The molecule has 0 heterocycles. The predicted octanol–water partition coefficient (Wildman–Crippen LogP) is 4.88. The molecule has 0 fully saturated rings. The maximum Gasteiger partial charge on any atom is 0.257 e. The van der Waals surface area contributed by atoms with Crippen molar-refractivity contribution in [2.45, 2.75) is 0 Å². The predicted molar refractivity (Wildman–Crippen MR) is 83.3 cm³/mol. The van der Waals surface area contributed by atoms with E-state index in [1.54, 1.807) is 30.3 Å². The molecule has 0 radical (unpaired) electrons. The highest BCUT2D eigenvalue weighted by molar-refractivity contribution is 9.10. The highest BCUT2D eigenvalue weighted by atomic mass is 79.9. The molecular formula is C14H7BrCl2N2O. The second kappa shape index (κ2) is 6.27. The molecule has 1 amide bonds. The van der Waals surface area contributed by atoms with Gasteiger partial charge in [0.1, 0.15) is 6.07 Å². The summed E-state index contributed by atoms with van der Waals surface area (Å²) in [6.07, 6.45) is 0. The Bertz CT molecular complexity index is 726. The second-order valence-corrected chi connectivity index (χ2v) is 5.61. The summed E-state index contributed by atoms with van der Waals surface area (Å²) in [5.74, 6) is -0.359. The lowest BCUT2D eigenvalue weighted by Gasteiger charge is -2.08. The minimum atomic E-state index is -0.359. The molecule has 0 aliphatic rings. The van der Waals surface area contributed by atoms with Gasteiger partial charge in [0.05, 0.1) is 21.2 Å². The van der Waals surface area contributed by atoms with Gasteiger partial charge in [0.15, 0.2) is 0 Å². The van der Waals surface area contributed by atoms with Crippen LogP contribution < -0.4 is 5.32 Å². The van der Waals surface area contributed by atoms with Crippen molar-refractivity contribution in [3.8, 4) is 6.07 Å². The zero-order valence-corrected chi connectivity index (χ0v) is 13.1. The van der Waals surface area contributed by atoms with Gasteiger partial charge in [-0.1, -0.05) is 39.1 Å². The lowest BCUT2D eigenvalue weighted by molar-refractivity contribution is 0.102. The molecule has 2 rings (SSSR count). The normalized spacial score (nSPS) is 9.90. The largest absolute Gasteiger partial charge is 0.322 e. The van der Waals surface area contributed by atoms with Crippen LogP contribution in [0.4, 0.5) is 5.69 Å². The van der Waals surface area contributed by atoms with E-state index in [9.17, 15) is 4.79 Å². The van der Waals surface area contributed by atoms with Crippen LogP contribution in [0.15, 0.2) is 40.9 Å². The maximum atomic E-state index is 12.1. The molecule has 3 nitrogen and oxygen atoms in total. The van der Waals surface area contributed by atoms with Crippen LogP contribution in [0, 0.1) is 11.3 Å². The summed E-state index contributed by atoms with van der Waals surface area (Å²) in [6.45, 7) is 0. The fourth-order valence-corrected chi connectivity index (χ4v) is 2.28. The van der Waals surface area contributed by atoms with E-state index < -0.39 is 0 Å². The van der Waals surface area contributed by atoms with Crippen LogP contribution in [0.3, 0.4) is 0 Å². The first-order valence-electron chi connectivity index (χ1n) is 5.47. The summed E-state index contributed by atoms with van der Waals surface area (Å²) in [4.78, 5) is 12.1. The van der Waals surface area contributed by atoms with Crippen molar-refractivity contribution >= 4 is 50.7 Å². The Morgan fingerprint density at radius 2 is 1.85 bits per heavy atom. The van der Waals surface area contributed by atoms with Gasteiger partial charge in [-0.05, 0) is 36.4 Å². The van der Waals surface area contributed by atoms with Gasteiger partial charge in [-0.15, -0.1) is 0 Å². The van der Waals surface area contributed by atoms with E-state index in [0.29, 0.717) is 26.9 Å². The molecule has 6 heteroatoms. The summed E-state index contributed by atoms with van der Waals surface area (Å²) in [5, 5.41) is 12.3. The van der Waals surface area contributed by atoms with Crippen LogP contribution in [0.1, 0.15) is 15.9 Å². The Morgan fingerprint density at radius 1 is 1.15 bits per heavy atom. The topological polar surface area (TPSA) is 52.9 Å². The number of nitrogens with one attached hydrogen (secondary N) is 1. The van der Waals surface area contributed by atoms with Gasteiger partial charge in [0, 0.05) is 10.2 Å². The number of nitriles is 1. The van der Waals surface area contributed by atoms with Gasteiger partial charge < -0.3 is 5.32 Å². The summed E-state index contributed by atoms with van der Waals surface area (Å²) < 4.78 is 0.751. The third kappa shape index (κ3) is 3.31. The van der Waals surface area contributed by atoms with E-state index in [4.69, 9.17) is 28.5 Å². The van der Waals surface area contributed by atoms with Crippen molar-refractivity contribution in [2.75, 3.05) is 5.32 Å². The molecule has 1 N–H and O–H groups in total. The number of carbonyl (C=O) groups excluding carboxylic acids is 1. The molecule has 100 valence electrons. The quantitative estimate of drug-likeness (QED) is 0.820.